The van der Waals surface area contributed by atoms with Gasteiger partial charge in [0.25, 0.3) is 0 Å². The molecule has 0 N–H and O–H groups in total. The highest BCUT2D eigenvalue weighted by atomic mass is 16.1. The van der Waals surface area contributed by atoms with Gasteiger partial charge in [-0.1, -0.05) is 41.5 Å². The number of hydrogen-bond donors (Lipinski definition) is 0. The molecule has 132 valence electrons. The molecule has 0 unspecified atom stereocenters. The van der Waals surface area contributed by atoms with E-state index in [0.29, 0.717) is 17.0 Å². The minimum atomic E-state index is -0.120. The number of benzene rings is 2. The van der Waals surface area contributed by atoms with Crippen molar-refractivity contribution >= 4 is 11.4 Å². The summed E-state index contributed by atoms with van der Waals surface area (Å²) in [6.45, 7) is 3.98. The van der Waals surface area contributed by atoms with E-state index in [2.05, 4.69) is 15.5 Å². The minimum Gasteiger partial charge on any atom is -0.383 e. The van der Waals surface area contributed by atoms with Crippen LogP contribution < -0.4 is 0 Å². The Kier molecular flexibility index (Phi) is 4.93. The van der Waals surface area contributed by atoms with E-state index < -0.39 is 0 Å². The lowest BCUT2D eigenvalue weighted by Crippen LogP contribution is -2.13. The summed E-state index contributed by atoms with van der Waals surface area (Å²) >= 11 is 0. The van der Waals surface area contributed by atoms with Gasteiger partial charge in [0.15, 0.2) is 11.6 Å². The Labute approximate surface area is 152 Å². The third kappa shape index (κ3) is 3.69. The zero-order chi connectivity index (χ0) is 18.7. The number of carbonyl (C=O) groups excluding carboxylic acids is 1. The fourth-order valence-corrected chi connectivity index (χ4v) is 2.63. The molecule has 0 aliphatic heterocycles. The maximum atomic E-state index is 13.2. The van der Waals surface area contributed by atoms with Crippen molar-refractivity contribution in [1.29, 1.82) is 0 Å². The molecule has 0 amide bonds. The fourth-order valence-electron chi connectivity index (χ4n) is 2.63. The summed E-state index contributed by atoms with van der Waals surface area (Å²) in [6.07, 6.45) is 1.75. The van der Waals surface area contributed by atoms with E-state index in [4.69, 9.17) is 0 Å². The molecule has 0 bridgehead atoms. The number of hydrogen-bond acceptors (Lipinski definition) is 5. The van der Waals surface area contributed by atoms with Gasteiger partial charge in [-0.25, -0.2) is 0 Å². The monoisotopic (exact) mass is 347 g/mol. The van der Waals surface area contributed by atoms with E-state index in [1.54, 1.807) is 16.9 Å². The Bertz CT molecular complexity index is 954. The molecule has 1 aromatic heterocycles. The van der Waals surface area contributed by atoms with Crippen molar-refractivity contribution in [2.75, 3.05) is 14.1 Å². The molecule has 1 heterocycles. The van der Waals surface area contributed by atoms with E-state index in [9.17, 15) is 4.79 Å². The average Bonchev–Trinajstić information content (AvgIpc) is 3.09. The second-order valence-electron chi connectivity index (χ2n) is 6.45. The maximum Gasteiger partial charge on any atom is 0.198 e. The van der Waals surface area contributed by atoms with E-state index in [0.717, 1.165) is 16.8 Å². The topological polar surface area (TPSA) is 63.9 Å². The van der Waals surface area contributed by atoms with Gasteiger partial charge in [0, 0.05) is 25.9 Å². The van der Waals surface area contributed by atoms with E-state index in [1.165, 1.54) is 0 Å². The lowest BCUT2D eigenvalue weighted by molar-refractivity contribution is 0.105. The molecule has 6 heteroatoms. The first-order valence-electron chi connectivity index (χ1n) is 8.31. The summed E-state index contributed by atoms with van der Waals surface area (Å²) in [5.41, 5.74) is 4.02. The molecular formula is C20H21N5O. The van der Waals surface area contributed by atoms with E-state index >= 15 is 0 Å². The second kappa shape index (κ2) is 7.31. The lowest BCUT2D eigenvalue weighted by Gasteiger charge is -2.12. The predicted molar refractivity (Wildman–Crippen MR) is 101 cm³/mol. The van der Waals surface area contributed by atoms with Crippen molar-refractivity contribution in [2.24, 2.45) is 0 Å². The largest absolute Gasteiger partial charge is 0.383 e. The molecule has 0 radical (unpaired) electrons. The summed E-state index contributed by atoms with van der Waals surface area (Å²) in [6, 6.07) is 15.3. The van der Waals surface area contributed by atoms with E-state index in [-0.39, 0.29) is 5.78 Å². The quantitative estimate of drug-likeness (QED) is 0.524. The number of allylic oxidation sites excluding steroid dienone is 1. The van der Waals surface area contributed by atoms with Gasteiger partial charge >= 0.3 is 0 Å². The van der Waals surface area contributed by atoms with Crippen LogP contribution in [0.1, 0.15) is 27.3 Å². The van der Waals surface area contributed by atoms with Crippen LogP contribution in [0, 0.1) is 13.8 Å². The van der Waals surface area contributed by atoms with E-state index in [1.807, 2.05) is 75.3 Å². The van der Waals surface area contributed by atoms with Gasteiger partial charge in [0.2, 0.25) is 0 Å². The van der Waals surface area contributed by atoms with Gasteiger partial charge in [-0.2, -0.15) is 4.68 Å². The third-order valence-corrected chi connectivity index (χ3v) is 3.90. The zero-order valence-corrected chi connectivity index (χ0v) is 15.3. The molecule has 0 aliphatic rings. The number of nitrogens with zero attached hydrogens (tertiary/aromatic N) is 5. The standard InChI is InChI=1S/C20H21N5O/c1-14-8-10-17(11-9-14)25-20(21-22-23-25)18(13-24(3)4)19(26)16-7-5-6-15(2)12-16/h5-13H,1-4H3. The van der Waals surface area contributed by atoms with Crippen molar-refractivity contribution in [2.45, 2.75) is 13.8 Å². The molecule has 26 heavy (non-hydrogen) atoms. The summed E-state index contributed by atoms with van der Waals surface area (Å²) in [4.78, 5) is 15.0. The molecular weight excluding hydrogens is 326 g/mol. The minimum absolute atomic E-state index is 0.120. The third-order valence-electron chi connectivity index (χ3n) is 3.90. The highest BCUT2D eigenvalue weighted by Gasteiger charge is 2.22. The Hall–Kier alpha value is -3.28. The number of tetrazole rings is 1. The van der Waals surface area contributed by atoms with Crippen molar-refractivity contribution in [3.8, 4) is 5.69 Å². The zero-order valence-electron chi connectivity index (χ0n) is 15.3. The van der Waals surface area contributed by atoms with Gasteiger partial charge < -0.3 is 4.90 Å². The molecule has 3 aromatic rings. The highest BCUT2D eigenvalue weighted by molar-refractivity contribution is 6.28. The van der Waals surface area contributed by atoms with Crippen LogP contribution in [0.5, 0.6) is 0 Å². The second-order valence-corrected chi connectivity index (χ2v) is 6.45. The number of aryl methyl sites for hydroxylation is 2. The van der Waals surface area contributed by atoms with Crippen LogP contribution in [0.15, 0.2) is 54.7 Å². The number of carbonyl (C=O) groups is 1. The van der Waals surface area contributed by atoms with Crippen LogP contribution >= 0.6 is 0 Å². The van der Waals surface area contributed by atoms with Crippen LogP contribution in [0.2, 0.25) is 0 Å². The van der Waals surface area contributed by atoms with Gasteiger partial charge in [0.1, 0.15) is 0 Å². The first kappa shape index (κ1) is 17.5. The normalized spacial score (nSPS) is 11.5. The first-order valence-corrected chi connectivity index (χ1v) is 8.31. The molecule has 0 atom stereocenters. The summed E-state index contributed by atoms with van der Waals surface area (Å²) < 4.78 is 1.59. The molecule has 2 aromatic carbocycles. The van der Waals surface area contributed by atoms with Crippen LogP contribution in [-0.4, -0.2) is 45.0 Å². The lowest BCUT2D eigenvalue weighted by atomic mass is 10.0. The maximum absolute atomic E-state index is 13.2. The molecule has 0 fully saturated rings. The van der Waals surface area contributed by atoms with Gasteiger partial charge in [-0.3, -0.25) is 4.79 Å². The van der Waals surface area contributed by atoms with Gasteiger partial charge in [-0.15, -0.1) is 5.10 Å². The van der Waals surface area contributed by atoms with Crippen LogP contribution in [0.25, 0.3) is 11.3 Å². The van der Waals surface area contributed by atoms with Crippen molar-refractivity contribution in [1.82, 2.24) is 25.1 Å². The number of Topliss-reactive ketones (excluding diaryl/α,β-unsaturated/α-hetero) is 1. The SMILES string of the molecule is Cc1ccc(-n2nnnc2C(=CN(C)C)C(=O)c2cccc(C)c2)cc1. The highest BCUT2D eigenvalue weighted by Crippen LogP contribution is 2.21. The predicted octanol–water partition coefficient (Wildman–Crippen LogP) is 3.06. The Morgan fingerprint density at radius 1 is 1.04 bits per heavy atom. The molecule has 0 spiro atoms. The number of ketones is 1. The van der Waals surface area contributed by atoms with Crippen LogP contribution in [0.4, 0.5) is 0 Å². The van der Waals surface area contributed by atoms with Crippen LogP contribution in [0.3, 0.4) is 0 Å². The number of rotatable bonds is 5. The molecule has 0 saturated heterocycles. The Morgan fingerprint density at radius 2 is 1.77 bits per heavy atom. The van der Waals surface area contributed by atoms with Gasteiger partial charge in [-0.05, 0) is 42.5 Å². The van der Waals surface area contributed by atoms with Crippen molar-refractivity contribution < 1.29 is 4.79 Å². The Balaban J connectivity index is 2.09. The fraction of sp³-hybridized carbons (Fsp3) is 0.200. The number of aromatic nitrogens is 4. The molecule has 0 saturated carbocycles. The smallest absolute Gasteiger partial charge is 0.198 e. The van der Waals surface area contributed by atoms with Gasteiger partial charge in [0.05, 0.1) is 11.3 Å². The van der Waals surface area contributed by atoms with Crippen LogP contribution in [-0.2, 0) is 0 Å². The van der Waals surface area contributed by atoms with Crippen molar-refractivity contribution in [3.05, 3.63) is 77.2 Å². The molecule has 6 nitrogen and oxygen atoms in total. The average molecular weight is 347 g/mol. The summed E-state index contributed by atoms with van der Waals surface area (Å²) in [5.74, 6) is 0.291. The Morgan fingerprint density at radius 3 is 2.42 bits per heavy atom. The van der Waals surface area contributed by atoms with Crippen molar-refractivity contribution in [3.63, 3.8) is 0 Å². The summed E-state index contributed by atoms with van der Waals surface area (Å²) in [7, 11) is 3.73. The molecule has 3 rings (SSSR count). The first-order chi connectivity index (χ1) is 12.5. The summed E-state index contributed by atoms with van der Waals surface area (Å²) in [5, 5.41) is 12.0. The molecule has 0 aliphatic carbocycles.